The number of unbranched alkanes of at least 4 members (excludes halogenated alkanes) is 15. The highest BCUT2D eigenvalue weighted by atomic mass is 16.5. The number of rotatable bonds is 27. The van der Waals surface area contributed by atoms with Crippen LogP contribution in [0.5, 0.6) is 5.75 Å². The van der Waals surface area contributed by atoms with Gasteiger partial charge < -0.3 is 9.47 Å². The summed E-state index contributed by atoms with van der Waals surface area (Å²) < 4.78 is 10.7. The SMILES string of the molecule is CCC/C=C\C/C=C\CCCCCCCc1cccc(OC(=O)CCCCCCC/C=C\CCCCCC)c1C(=O)OC. The molecule has 0 spiro atoms. The van der Waals surface area contributed by atoms with Crippen molar-refractivity contribution in [3.8, 4) is 5.75 Å². The van der Waals surface area contributed by atoms with E-state index in [1.807, 2.05) is 12.1 Å². The van der Waals surface area contributed by atoms with Crippen molar-refractivity contribution in [2.75, 3.05) is 7.11 Å². The zero-order valence-electron chi connectivity index (χ0n) is 27.9. The predicted octanol–water partition coefficient (Wildman–Crippen LogP) is 11.8. The first-order valence-electron chi connectivity index (χ1n) is 17.5. The van der Waals surface area contributed by atoms with Crippen LogP contribution in [0, 0.1) is 0 Å². The summed E-state index contributed by atoms with van der Waals surface area (Å²) in [5.41, 5.74) is 1.29. The summed E-state index contributed by atoms with van der Waals surface area (Å²) in [6, 6.07) is 5.52. The van der Waals surface area contributed by atoms with E-state index >= 15 is 0 Å². The number of aryl methyl sites for hydroxylation is 1. The van der Waals surface area contributed by atoms with E-state index < -0.39 is 5.97 Å². The molecule has 0 aliphatic heterocycles. The lowest BCUT2D eigenvalue weighted by atomic mass is 9.99. The highest BCUT2D eigenvalue weighted by molar-refractivity contribution is 5.95. The van der Waals surface area contributed by atoms with Crippen molar-refractivity contribution in [2.24, 2.45) is 0 Å². The first-order chi connectivity index (χ1) is 21.1. The molecule has 0 N–H and O–H groups in total. The molecule has 1 aromatic rings. The first kappa shape index (κ1) is 38.4. The van der Waals surface area contributed by atoms with Gasteiger partial charge in [0, 0.05) is 6.42 Å². The molecule has 0 bridgehead atoms. The maximum atomic E-state index is 12.6. The predicted molar refractivity (Wildman–Crippen MR) is 183 cm³/mol. The number of carbonyl (C=O) groups excluding carboxylic acids is 2. The van der Waals surface area contributed by atoms with Gasteiger partial charge in [0.1, 0.15) is 11.3 Å². The summed E-state index contributed by atoms with van der Waals surface area (Å²) in [7, 11) is 1.38. The highest BCUT2D eigenvalue weighted by Gasteiger charge is 2.20. The minimum absolute atomic E-state index is 0.278. The van der Waals surface area contributed by atoms with E-state index in [9.17, 15) is 9.59 Å². The fraction of sp³-hybridized carbons (Fsp3) is 0.641. The third-order valence-electron chi connectivity index (χ3n) is 7.75. The molecule has 0 aliphatic carbocycles. The Morgan fingerprint density at radius 3 is 1.81 bits per heavy atom. The topological polar surface area (TPSA) is 52.6 Å². The minimum Gasteiger partial charge on any atom is -0.465 e. The lowest BCUT2D eigenvalue weighted by molar-refractivity contribution is -0.134. The maximum absolute atomic E-state index is 12.6. The van der Waals surface area contributed by atoms with E-state index in [4.69, 9.17) is 9.47 Å². The van der Waals surface area contributed by atoms with Gasteiger partial charge >= 0.3 is 11.9 Å². The van der Waals surface area contributed by atoms with Gasteiger partial charge in [-0.2, -0.15) is 0 Å². The van der Waals surface area contributed by atoms with Gasteiger partial charge in [-0.1, -0.05) is 127 Å². The Hall–Kier alpha value is -2.62. The van der Waals surface area contributed by atoms with E-state index in [0.29, 0.717) is 17.7 Å². The highest BCUT2D eigenvalue weighted by Crippen LogP contribution is 2.26. The fourth-order valence-corrected chi connectivity index (χ4v) is 5.15. The van der Waals surface area contributed by atoms with E-state index in [0.717, 1.165) is 63.4 Å². The molecule has 0 radical (unpaired) electrons. The van der Waals surface area contributed by atoms with Crippen molar-refractivity contribution in [2.45, 2.75) is 155 Å². The Morgan fingerprint density at radius 1 is 0.628 bits per heavy atom. The largest absolute Gasteiger partial charge is 0.465 e. The van der Waals surface area contributed by atoms with Gasteiger partial charge in [0.25, 0.3) is 0 Å². The Kier molecular flexibility index (Phi) is 25.2. The maximum Gasteiger partial charge on any atom is 0.341 e. The molecule has 0 unspecified atom stereocenters. The first-order valence-corrected chi connectivity index (χ1v) is 17.5. The number of hydrogen-bond donors (Lipinski definition) is 0. The zero-order valence-corrected chi connectivity index (χ0v) is 27.9. The third kappa shape index (κ3) is 20.8. The molecule has 0 fully saturated rings. The van der Waals surface area contributed by atoms with Gasteiger partial charge in [0.15, 0.2) is 0 Å². The molecular formula is C39H62O4. The minimum atomic E-state index is -0.440. The molecule has 0 aliphatic rings. The van der Waals surface area contributed by atoms with Gasteiger partial charge in [-0.25, -0.2) is 4.79 Å². The molecule has 4 heteroatoms. The molecule has 1 rings (SSSR count). The molecule has 242 valence electrons. The van der Waals surface area contributed by atoms with Crippen molar-refractivity contribution in [3.63, 3.8) is 0 Å². The smallest absolute Gasteiger partial charge is 0.341 e. The van der Waals surface area contributed by atoms with Gasteiger partial charge in [-0.3, -0.25) is 4.79 Å². The molecule has 0 amide bonds. The van der Waals surface area contributed by atoms with Gasteiger partial charge in [0.05, 0.1) is 7.11 Å². The van der Waals surface area contributed by atoms with Crippen LogP contribution in [0.25, 0.3) is 0 Å². The number of esters is 2. The summed E-state index contributed by atoms with van der Waals surface area (Å²) >= 11 is 0. The van der Waals surface area contributed by atoms with Crippen molar-refractivity contribution >= 4 is 11.9 Å². The Bertz CT molecular complexity index is 927. The lowest BCUT2D eigenvalue weighted by Crippen LogP contribution is -2.14. The quantitative estimate of drug-likeness (QED) is 0.0440. The summed E-state index contributed by atoms with van der Waals surface area (Å²) in [6.45, 7) is 4.45. The second-order valence-electron chi connectivity index (χ2n) is 11.7. The standard InChI is InChI=1S/C39H62O4/c1-4-6-8-10-12-14-16-18-20-22-24-26-28-31-35-32-30-33-36(38(35)39(41)42-3)43-37(40)34-29-27-25-23-21-19-17-15-13-11-9-7-5-2/h8,10,14-17,30,32-33H,4-7,9,11-13,18-29,31,34H2,1-3H3/b10-8-,16-14-,17-15-. The number of methoxy groups -OCH3 is 1. The normalized spacial score (nSPS) is 11.7. The van der Waals surface area contributed by atoms with Gasteiger partial charge in [-0.15, -0.1) is 0 Å². The van der Waals surface area contributed by atoms with Crippen LogP contribution < -0.4 is 4.74 Å². The summed E-state index contributed by atoms with van der Waals surface area (Å²) in [4.78, 5) is 25.2. The third-order valence-corrected chi connectivity index (χ3v) is 7.75. The van der Waals surface area contributed by atoms with Crippen LogP contribution in [0.1, 0.15) is 165 Å². The van der Waals surface area contributed by atoms with Crippen LogP contribution in [0.4, 0.5) is 0 Å². The van der Waals surface area contributed by atoms with Crippen LogP contribution in [0.15, 0.2) is 54.7 Å². The van der Waals surface area contributed by atoms with Crippen molar-refractivity contribution in [3.05, 3.63) is 65.8 Å². The van der Waals surface area contributed by atoms with E-state index in [2.05, 4.69) is 50.3 Å². The Balaban J connectivity index is 2.31. The zero-order chi connectivity index (χ0) is 31.2. The number of ether oxygens (including phenoxy) is 2. The molecule has 0 saturated heterocycles. The summed E-state index contributed by atoms with van der Waals surface area (Å²) in [5.74, 6) is -0.392. The van der Waals surface area contributed by atoms with Crippen molar-refractivity contribution in [1.29, 1.82) is 0 Å². The second kappa shape index (κ2) is 28.2. The fourth-order valence-electron chi connectivity index (χ4n) is 5.15. The molecule has 0 atom stereocenters. The number of hydrogen-bond acceptors (Lipinski definition) is 4. The number of carbonyl (C=O) groups is 2. The molecule has 0 aromatic heterocycles. The second-order valence-corrected chi connectivity index (χ2v) is 11.7. The average Bonchev–Trinajstić information content (AvgIpc) is 3.01. The molecule has 1 aromatic carbocycles. The number of allylic oxidation sites excluding steroid dienone is 6. The van der Waals surface area contributed by atoms with Gasteiger partial charge in [0.2, 0.25) is 0 Å². The molecule has 43 heavy (non-hydrogen) atoms. The summed E-state index contributed by atoms with van der Waals surface area (Å²) in [6.07, 6.45) is 38.1. The van der Waals surface area contributed by atoms with Crippen molar-refractivity contribution < 1.29 is 19.1 Å². The van der Waals surface area contributed by atoms with E-state index in [1.165, 1.54) is 84.2 Å². The van der Waals surface area contributed by atoms with Gasteiger partial charge in [-0.05, 0) is 82.3 Å². The van der Waals surface area contributed by atoms with Crippen LogP contribution in [0.3, 0.4) is 0 Å². The lowest BCUT2D eigenvalue weighted by Gasteiger charge is -2.13. The molecule has 4 nitrogen and oxygen atoms in total. The average molecular weight is 595 g/mol. The molecular weight excluding hydrogens is 532 g/mol. The van der Waals surface area contributed by atoms with Crippen LogP contribution in [-0.4, -0.2) is 19.0 Å². The Morgan fingerprint density at radius 2 is 1.19 bits per heavy atom. The van der Waals surface area contributed by atoms with Crippen LogP contribution in [0.2, 0.25) is 0 Å². The number of benzene rings is 1. The van der Waals surface area contributed by atoms with Crippen molar-refractivity contribution in [1.82, 2.24) is 0 Å². The Labute approximate surface area is 264 Å². The molecule has 0 heterocycles. The van der Waals surface area contributed by atoms with Crippen LogP contribution >= 0.6 is 0 Å². The monoisotopic (exact) mass is 594 g/mol. The van der Waals surface area contributed by atoms with Crippen LogP contribution in [-0.2, 0) is 16.0 Å². The van der Waals surface area contributed by atoms with E-state index in [1.54, 1.807) is 6.07 Å². The molecule has 0 saturated carbocycles. The van der Waals surface area contributed by atoms with E-state index in [-0.39, 0.29) is 5.97 Å². The summed E-state index contributed by atoms with van der Waals surface area (Å²) in [5, 5.41) is 0.